The van der Waals surface area contributed by atoms with Crippen molar-refractivity contribution in [2.75, 3.05) is 6.54 Å². The first kappa shape index (κ1) is 19.5. The summed E-state index contributed by atoms with van der Waals surface area (Å²) < 4.78 is 0. The second-order valence-electron chi connectivity index (χ2n) is 7.26. The zero-order valence-electron chi connectivity index (χ0n) is 14.8. The highest BCUT2D eigenvalue weighted by Gasteiger charge is 2.25. The van der Waals surface area contributed by atoms with Gasteiger partial charge >= 0.3 is 0 Å². The SMILES string of the molecule is CCCCC(CCC)N(CCCC)C(=O)CC(C)(C)C. The van der Waals surface area contributed by atoms with Crippen molar-refractivity contribution >= 4 is 5.91 Å². The van der Waals surface area contributed by atoms with E-state index in [1.165, 1.54) is 25.7 Å². The van der Waals surface area contributed by atoms with Crippen molar-refractivity contribution in [3.63, 3.8) is 0 Å². The number of carbonyl (C=O) groups is 1. The van der Waals surface area contributed by atoms with Crippen LogP contribution in [0.3, 0.4) is 0 Å². The first-order valence-corrected chi connectivity index (χ1v) is 8.65. The third-order valence-electron chi connectivity index (χ3n) is 3.71. The Labute approximate surface area is 127 Å². The van der Waals surface area contributed by atoms with Gasteiger partial charge in [0, 0.05) is 19.0 Å². The van der Waals surface area contributed by atoms with Crippen LogP contribution in [0.1, 0.15) is 92.9 Å². The number of hydrogen-bond acceptors (Lipinski definition) is 1. The molecule has 0 aliphatic heterocycles. The third kappa shape index (κ3) is 8.60. The third-order valence-corrected chi connectivity index (χ3v) is 3.71. The van der Waals surface area contributed by atoms with Crippen LogP contribution in [0.4, 0.5) is 0 Å². The van der Waals surface area contributed by atoms with Crippen molar-refractivity contribution in [3.8, 4) is 0 Å². The molecular formula is C18H37NO. The summed E-state index contributed by atoms with van der Waals surface area (Å²) in [5.74, 6) is 0.362. The van der Waals surface area contributed by atoms with Gasteiger partial charge in [-0.25, -0.2) is 0 Å². The molecule has 0 rings (SSSR count). The molecule has 0 spiro atoms. The maximum atomic E-state index is 12.7. The van der Waals surface area contributed by atoms with Crippen molar-refractivity contribution in [2.45, 2.75) is 99.0 Å². The molecule has 1 amide bonds. The van der Waals surface area contributed by atoms with E-state index in [1.54, 1.807) is 0 Å². The van der Waals surface area contributed by atoms with E-state index in [0.717, 1.165) is 25.8 Å². The normalized spacial score (nSPS) is 13.3. The van der Waals surface area contributed by atoms with Crippen LogP contribution in [0, 0.1) is 5.41 Å². The van der Waals surface area contributed by atoms with Crippen molar-refractivity contribution in [3.05, 3.63) is 0 Å². The molecule has 0 aromatic carbocycles. The lowest BCUT2D eigenvalue weighted by Gasteiger charge is -2.34. The fraction of sp³-hybridized carbons (Fsp3) is 0.944. The molecule has 0 aromatic heterocycles. The Hall–Kier alpha value is -0.530. The Morgan fingerprint density at radius 2 is 1.55 bits per heavy atom. The Morgan fingerprint density at radius 3 is 2.00 bits per heavy atom. The summed E-state index contributed by atoms with van der Waals surface area (Å²) in [5.41, 5.74) is 0.0864. The fourth-order valence-electron chi connectivity index (χ4n) is 2.62. The van der Waals surface area contributed by atoms with Crippen LogP contribution in [0.15, 0.2) is 0 Å². The number of nitrogens with zero attached hydrogens (tertiary/aromatic N) is 1. The van der Waals surface area contributed by atoms with Crippen molar-refractivity contribution in [1.82, 2.24) is 4.90 Å². The average molecular weight is 283 g/mol. The zero-order valence-corrected chi connectivity index (χ0v) is 14.8. The molecular weight excluding hydrogens is 246 g/mol. The molecule has 1 atom stereocenters. The van der Waals surface area contributed by atoms with Gasteiger partial charge in [0.1, 0.15) is 0 Å². The van der Waals surface area contributed by atoms with Crippen LogP contribution in [0.25, 0.3) is 0 Å². The lowest BCUT2D eigenvalue weighted by Crippen LogP contribution is -2.42. The van der Waals surface area contributed by atoms with Gasteiger partial charge in [-0.15, -0.1) is 0 Å². The van der Waals surface area contributed by atoms with Gasteiger partial charge in [-0.1, -0.05) is 67.2 Å². The van der Waals surface area contributed by atoms with E-state index in [1.807, 2.05) is 0 Å². The molecule has 2 nitrogen and oxygen atoms in total. The quantitative estimate of drug-likeness (QED) is 0.525. The van der Waals surface area contributed by atoms with Crippen LogP contribution < -0.4 is 0 Å². The first-order valence-electron chi connectivity index (χ1n) is 8.65. The molecule has 0 radical (unpaired) electrons. The van der Waals surface area contributed by atoms with E-state index < -0.39 is 0 Å². The van der Waals surface area contributed by atoms with Crippen LogP contribution >= 0.6 is 0 Å². The molecule has 0 heterocycles. The monoisotopic (exact) mass is 283 g/mol. The summed E-state index contributed by atoms with van der Waals surface area (Å²) in [4.78, 5) is 14.9. The van der Waals surface area contributed by atoms with E-state index in [2.05, 4.69) is 46.4 Å². The summed E-state index contributed by atoms with van der Waals surface area (Å²) in [5, 5.41) is 0. The molecule has 0 aromatic rings. The van der Waals surface area contributed by atoms with E-state index in [9.17, 15) is 4.79 Å². The highest BCUT2D eigenvalue weighted by molar-refractivity contribution is 5.77. The van der Waals surface area contributed by atoms with Crippen molar-refractivity contribution in [2.24, 2.45) is 5.41 Å². The summed E-state index contributed by atoms with van der Waals surface area (Å²) in [6.07, 6.45) is 8.89. The van der Waals surface area contributed by atoms with Gasteiger partial charge in [0.2, 0.25) is 5.91 Å². The van der Waals surface area contributed by atoms with E-state index in [4.69, 9.17) is 0 Å². The van der Waals surface area contributed by atoms with E-state index in [-0.39, 0.29) is 5.41 Å². The van der Waals surface area contributed by atoms with E-state index >= 15 is 0 Å². The second kappa shape index (κ2) is 10.2. The van der Waals surface area contributed by atoms with Gasteiger partial charge in [0.05, 0.1) is 0 Å². The lowest BCUT2D eigenvalue weighted by atomic mass is 9.90. The number of carbonyl (C=O) groups excluding carboxylic acids is 1. The molecule has 0 saturated carbocycles. The topological polar surface area (TPSA) is 20.3 Å². The minimum Gasteiger partial charge on any atom is -0.340 e. The maximum absolute atomic E-state index is 12.7. The Balaban J connectivity index is 4.81. The molecule has 0 aliphatic carbocycles. The predicted octanol–water partition coefficient (Wildman–Crippen LogP) is 5.41. The Morgan fingerprint density at radius 1 is 0.950 bits per heavy atom. The summed E-state index contributed by atoms with van der Waals surface area (Å²) >= 11 is 0. The highest BCUT2D eigenvalue weighted by atomic mass is 16.2. The molecule has 0 bridgehead atoms. The molecule has 20 heavy (non-hydrogen) atoms. The lowest BCUT2D eigenvalue weighted by molar-refractivity contribution is -0.135. The summed E-state index contributed by atoms with van der Waals surface area (Å²) in [7, 11) is 0. The average Bonchev–Trinajstić information content (AvgIpc) is 2.34. The molecule has 1 unspecified atom stereocenters. The smallest absolute Gasteiger partial charge is 0.223 e. The minimum absolute atomic E-state index is 0.0864. The molecule has 0 N–H and O–H groups in total. The van der Waals surface area contributed by atoms with Crippen LogP contribution in [-0.4, -0.2) is 23.4 Å². The highest BCUT2D eigenvalue weighted by Crippen LogP contribution is 2.23. The summed E-state index contributed by atoms with van der Waals surface area (Å²) in [6, 6.07) is 0.460. The molecule has 120 valence electrons. The van der Waals surface area contributed by atoms with Crippen LogP contribution in [0.2, 0.25) is 0 Å². The fourth-order valence-corrected chi connectivity index (χ4v) is 2.62. The zero-order chi connectivity index (χ0) is 15.6. The standard InChI is InChI=1S/C18H37NO/c1-7-10-13-16(12-9-3)19(14-11-8-2)17(20)15-18(4,5)6/h16H,7-15H2,1-6H3. The summed E-state index contributed by atoms with van der Waals surface area (Å²) in [6.45, 7) is 14.1. The number of rotatable bonds is 10. The van der Waals surface area contributed by atoms with Gasteiger partial charge in [-0.05, 0) is 24.7 Å². The van der Waals surface area contributed by atoms with Gasteiger partial charge in [-0.2, -0.15) is 0 Å². The molecule has 0 saturated heterocycles. The molecule has 2 heteroatoms. The largest absolute Gasteiger partial charge is 0.340 e. The minimum atomic E-state index is 0.0864. The first-order chi connectivity index (χ1) is 9.35. The van der Waals surface area contributed by atoms with Crippen LogP contribution in [0.5, 0.6) is 0 Å². The van der Waals surface area contributed by atoms with Crippen molar-refractivity contribution < 1.29 is 4.79 Å². The van der Waals surface area contributed by atoms with E-state index in [0.29, 0.717) is 18.4 Å². The van der Waals surface area contributed by atoms with Gasteiger partial charge in [-0.3, -0.25) is 4.79 Å². The molecule has 0 fully saturated rings. The Bertz CT molecular complexity index is 255. The Kier molecular flexibility index (Phi) is 9.96. The van der Waals surface area contributed by atoms with Crippen LogP contribution in [-0.2, 0) is 4.79 Å². The number of amides is 1. The number of hydrogen-bond donors (Lipinski definition) is 0. The molecule has 0 aliphatic rings. The van der Waals surface area contributed by atoms with Gasteiger partial charge in [0.25, 0.3) is 0 Å². The maximum Gasteiger partial charge on any atom is 0.223 e. The predicted molar refractivity (Wildman–Crippen MR) is 88.9 cm³/mol. The van der Waals surface area contributed by atoms with Gasteiger partial charge < -0.3 is 4.90 Å². The second-order valence-corrected chi connectivity index (χ2v) is 7.26. The van der Waals surface area contributed by atoms with Gasteiger partial charge in [0.15, 0.2) is 0 Å². The number of unbranched alkanes of at least 4 members (excludes halogenated alkanes) is 2. The van der Waals surface area contributed by atoms with Crippen molar-refractivity contribution in [1.29, 1.82) is 0 Å².